The molecule has 0 nitrogen and oxygen atoms in total. The van der Waals surface area contributed by atoms with Crippen molar-refractivity contribution in [3.63, 3.8) is 0 Å². The third kappa shape index (κ3) is 6.51. The van der Waals surface area contributed by atoms with Crippen molar-refractivity contribution >= 4 is 27.5 Å². The van der Waals surface area contributed by atoms with Gasteiger partial charge in [0, 0.05) is 0 Å². The standard InChI is InChI=1S/C6H10BrCl/c1-2-3-4-5-6(7)8/h5H,2-4H2,1H3/b6-5+. The summed E-state index contributed by atoms with van der Waals surface area (Å²) in [5.74, 6) is 0. The molecule has 8 heavy (non-hydrogen) atoms. The van der Waals surface area contributed by atoms with Crippen molar-refractivity contribution in [2.24, 2.45) is 0 Å². The summed E-state index contributed by atoms with van der Waals surface area (Å²) in [4.78, 5) is 0. The van der Waals surface area contributed by atoms with Crippen LogP contribution in [0.15, 0.2) is 10.0 Å². The predicted octanol–water partition coefficient (Wildman–Crippen LogP) is 3.65. The third-order valence-electron chi connectivity index (χ3n) is 0.856. The molecule has 0 saturated heterocycles. The van der Waals surface area contributed by atoms with Crippen LogP contribution in [0.2, 0.25) is 0 Å². The molecule has 0 amide bonds. The highest BCUT2D eigenvalue weighted by Gasteiger charge is 1.81. The van der Waals surface area contributed by atoms with E-state index in [4.69, 9.17) is 11.6 Å². The van der Waals surface area contributed by atoms with E-state index < -0.39 is 0 Å². The van der Waals surface area contributed by atoms with E-state index in [2.05, 4.69) is 22.9 Å². The maximum absolute atomic E-state index is 5.49. The van der Waals surface area contributed by atoms with Gasteiger partial charge in [-0.1, -0.05) is 37.4 Å². The summed E-state index contributed by atoms with van der Waals surface area (Å²) in [5, 5.41) is 0. The maximum Gasteiger partial charge on any atom is 0.0794 e. The van der Waals surface area contributed by atoms with Crippen LogP contribution in [-0.4, -0.2) is 0 Å². The zero-order valence-electron chi connectivity index (χ0n) is 4.95. The highest BCUT2D eigenvalue weighted by molar-refractivity contribution is 9.12. The second-order valence-corrected chi connectivity index (χ2v) is 3.35. The van der Waals surface area contributed by atoms with E-state index >= 15 is 0 Å². The highest BCUT2D eigenvalue weighted by Crippen LogP contribution is 2.11. The van der Waals surface area contributed by atoms with Crippen molar-refractivity contribution in [3.8, 4) is 0 Å². The fourth-order valence-corrected chi connectivity index (χ4v) is 0.753. The van der Waals surface area contributed by atoms with Crippen LogP contribution in [-0.2, 0) is 0 Å². The first-order chi connectivity index (χ1) is 3.77. The second kappa shape index (κ2) is 5.64. The second-order valence-electron chi connectivity index (χ2n) is 1.64. The van der Waals surface area contributed by atoms with E-state index in [9.17, 15) is 0 Å². The first-order valence-electron chi connectivity index (χ1n) is 2.78. The van der Waals surface area contributed by atoms with Crippen molar-refractivity contribution in [1.82, 2.24) is 0 Å². The molecule has 0 aliphatic rings. The van der Waals surface area contributed by atoms with E-state index in [-0.39, 0.29) is 0 Å². The molecule has 0 fully saturated rings. The lowest BCUT2D eigenvalue weighted by atomic mass is 10.2. The lowest BCUT2D eigenvalue weighted by Crippen LogP contribution is -1.65. The molecule has 0 radical (unpaired) electrons. The lowest BCUT2D eigenvalue weighted by molar-refractivity contribution is 0.815. The summed E-state index contributed by atoms with van der Waals surface area (Å²) in [6.45, 7) is 2.16. The van der Waals surface area contributed by atoms with Crippen LogP contribution in [0.4, 0.5) is 0 Å². The normalized spacial score (nSPS) is 12.1. The number of rotatable bonds is 3. The Labute approximate surface area is 64.0 Å². The molecule has 0 aliphatic heterocycles. The molecule has 0 aromatic heterocycles. The fraction of sp³-hybridized carbons (Fsp3) is 0.667. The fourth-order valence-electron chi connectivity index (χ4n) is 0.415. The molecular weight excluding hydrogens is 187 g/mol. The number of allylic oxidation sites excluding steroid dienone is 1. The van der Waals surface area contributed by atoms with E-state index in [1.807, 2.05) is 6.08 Å². The molecular formula is C6H10BrCl. The van der Waals surface area contributed by atoms with Gasteiger partial charge in [-0.15, -0.1) is 0 Å². The van der Waals surface area contributed by atoms with Crippen LogP contribution in [0.5, 0.6) is 0 Å². The summed E-state index contributed by atoms with van der Waals surface area (Å²) in [7, 11) is 0. The number of hydrogen-bond donors (Lipinski definition) is 0. The molecule has 0 rings (SSSR count). The van der Waals surface area contributed by atoms with Gasteiger partial charge >= 0.3 is 0 Å². The molecule has 0 unspecified atom stereocenters. The van der Waals surface area contributed by atoms with Crippen LogP contribution in [0.3, 0.4) is 0 Å². The first kappa shape index (κ1) is 8.51. The quantitative estimate of drug-likeness (QED) is 0.606. The van der Waals surface area contributed by atoms with E-state index in [1.54, 1.807) is 0 Å². The Morgan fingerprint density at radius 3 is 2.75 bits per heavy atom. The molecule has 0 heterocycles. The van der Waals surface area contributed by atoms with Gasteiger partial charge < -0.3 is 0 Å². The average molecular weight is 198 g/mol. The largest absolute Gasteiger partial charge is 0.0794 e. The van der Waals surface area contributed by atoms with Crippen LogP contribution < -0.4 is 0 Å². The van der Waals surface area contributed by atoms with Crippen molar-refractivity contribution in [3.05, 3.63) is 10.0 Å². The molecule has 48 valence electrons. The van der Waals surface area contributed by atoms with Crippen molar-refractivity contribution < 1.29 is 0 Å². The topological polar surface area (TPSA) is 0 Å². The van der Waals surface area contributed by atoms with Crippen LogP contribution >= 0.6 is 27.5 Å². The monoisotopic (exact) mass is 196 g/mol. The molecule has 0 atom stereocenters. The zero-order valence-corrected chi connectivity index (χ0v) is 7.30. The van der Waals surface area contributed by atoms with Gasteiger partial charge in [-0.3, -0.25) is 0 Å². The van der Waals surface area contributed by atoms with E-state index in [1.165, 1.54) is 12.8 Å². The third-order valence-corrected chi connectivity index (χ3v) is 1.33. The van der Waals surface area contributed by atoms with Crippen LogP contribution in [0.1, 0.15) is 26.2 Å². The van der Waals surface area contributed by atoms with E-state index in [0.29, 0.717) is 0 Å². The molecule has 0 spiro atoms. The van der Waals surface area contributed by atoms with Gasteiger partial charge in [0.15, 0.2) is 0 Å². The number of halogens is 2. The van der Waals surface area contributed by atoms with Gasteiger partial charge in [0.2, 0.25) is 0 Å². The molecule has 0 N–H and O–H groups in total. The zero-order chi connectivity index (χ0) is 6.41. The van der Waals surface area contributed by atoms with Gasteiger partial charge in [-0.2, -0.15) is 0 Å². The molecule has 0 aliphatic carbocycles. The van der Waals surface area contributed by atoms with Gasteiger partial charge in [0.1, 0.15) is 0 Å². The van der Waals surface area contributed by atoms with Crippen molar-refractivity contribution in [2.45, 2.75) is 26.2 Å². The Hall–Kier alpha value is 0.510. The SMILES string of the molecule is CCCC/C=C(/Cl)Br. The first-order valence-corrected chi connectivity index (χ1v) is 3.95. The summed E-state index contributed by atoms with van der Waals surface area (Å²) in [5.41, 5.74) is 0. The Kier molecular flexibility index (Phi) is 6.00. The summed E-state index contributed by atoms with van der Waals surface area (Å²) in [6.07, 6.45) is 5.52. The summed E-state index contributed by atoms with van der Waals surface area (Å²) < 4.78 is 0.728. The summed E-state index contributed by atoms with van der Waals surface area (Å²) in [6, 6.07) is 0. The van der Waals surface area contributed by atoms with Crippen LogP contribution in [0, 0.1) is 0 Å². The van der Waals surface area contributed by atoms with Crippen molar-refractivity contribution in [2.75, 3.05) is 0 Å². The molecule has 0 aromatic rings. The van der Waals surface area contributed by atoms with Gasteiger partial charge in [0.25, 0.3) is 0 Å². The summed E-state index contributed by atoms with van der Waals surface area (Å²) >= 11 is 8.62. The van der Waals surface area contributed by atoms with Crippen molar-refractivity contribution in [1.29, 1.82) is 0 Å². The predicted molar refractivity (Wildman–Crippen MR) is 42.4 cm³/mol. The highest BCUT2D eigenvalue weighted by atomic mass is 79.9. The molecule has 0 saturated carbocycles. The minimum atomic E-state index is 0.728. The van der Waals surface area contributed by atoms with E-state index in [0.717, 1.165) is 10.4 Å². The van der Waals surface area contributed by atoms with Gasteiger partial charge in [-0.05, 0) is 22.4 Å². The Bertz CT molecular complexity index is 74.6. The maximum atomic E-state index is 5.49. The minimum absolute atomic E-state index is 0.728. The number of unbranched alkanes of at least 4 members (excludes halogenated alkanes) is 2. The molecule has 2 heteroatoms. The number of hydrogen-bond acceptors (Lipinski definition) is 0. The Balaban J connectivity index is 3.03. The molecule has 0 aromatic carbocycles. The Morgan fingerprint density at radius 2 is 2.38 bits per heavy atom. The minimum Gasteiger partial charge on any atom is -0.0765 e. The molecule has 0 bridgehead atoms. The lowest BCUT2D eigenvalue weighted by Gasteiger charge is -1.86. The van der Waals surface area contributed by atoms with Gasteiger partial charge in [-0.25, -0.2) is 0 Å². The average Bonchev–Trinajstić information content (AvgIpc) is 1.66. The van der Waals surface area contributed by atoms with Gasteiger partial charge in [0.05, 0.1) is 3.94 Å². The Morgan fingerprint density at radius 1 is 1.75 bits per heavy atom. The van der Waals surface area contributed by atoms with Crippen LogP contribution in [0.25, 0.3) is 0 Å². The smallest absolute Gasteiger partial charge is 0.0765 e.